The van der Waals surface area contributed by atoms with E-state index in [-0.39, 0.29) is 85.3 Å². The van der Waals surface area contributed by atoms with Crippen molar-refractivity contribution < 1.29 is 83.8 Å². The van der Waals surface area contributed by atoms with Crippen LogP contribution in [-0.2, 0) is 37.1 Å². The average Bonchev–Trinajstić information content (AvgIpc) is 1.36. The lowest BCUT2D eigenvalue weighted by Crippen LogP contribution is -2.62. The third-order valence-corrected chi connectivity index (χ3v) is 23.0. The first kappa shape index (κ1) is 78.6. The van der Waals surface area contributed by atoms with Gasteiger partial charge in [-0.3, -0.25) is 19.3 Å². The van der Waals surface area contributed by atoms with Crippen molar-refractivity contribution in [3.63, 3.8) is 0 Å². The number of hydrogen-bond donors (Lipinski definition) is 11. The maximum absolute atomic E-state index is 14.1. The number of carboxylic acid groups (broad SMARTS) is 2. The van der Waals surface area contributed by atoms with Crippen LogP contribution in [0, 0.1) is 61.7 Å². The number of aromatic carboxylic acids is 2. The number of anilines is 2. The van der Waals surface area contributed by atoms with E-state index in [1.807, 2.05) is 37.9 Å². The highest BCUT2D eigenvalue weighted by Crippen LogP contribution is 2.62. The first-order valence-electron chi connectivity index (χ1n) is 31.5. The second-order valence-electron chi connectivity index (χ2n) is 27.2. The summed E-state index contributed by atoms with van der Waals surface area (Å²) in [6.07, 6.45) is 1.07. The molecule has 8 aliphatic rings. The highest BCUT2D eigenvalue weighted by molar-refractivity contribution is 14.1. The van der Waals surface area contributed by atoms with Crippen molar-refractivity contribution in [2.24, 2.45) is 58.2 Å². The number of aliphatic hydroxyl groups excluding tert-OH is 4. The van der Waals surface area contributed by atoms with Crippen LogP contribution in [0.4, 0.5) is 11.4 Å². The Bertz CT molecular complexity index is 3370. The van der Waals surface area contributed by atoms with Crippen LogP contribution in [0.25, 0.3) is 11.1 Å². The number of methoxy groups -OCH3 is 2. The van der Waals surface area contributed by atoms with Gasteiger partial charge in [0.15, 0.2) is 0 Å². The summed E-state index contributed by atoms with van der Waals surface area (Å²) >= 11 is 15.1. The lowest BCUT2D eigenvalue weighted by Gasteiger charge is -2.62. The van der Waals surface area contributed by atoms with Crippen LogP contribution in [-0.4, -0.2) is 179 Å². The normalized spacial score (nSPS) is 28.1. The van der Waals surface area contributed by atoms with Gasteiger partial charge in [-0.25, -0.2) is 9.59 Å². The van der Waals surface area contributed by atoms with E-state index in [2.05, 4.69) is 74.8 Å². The number of amides is 2. The number of nitrogen functional groups attached to an aromatic ring is 1. The molecule has 0 aromatic heterocycles. The Balaban J connectivity index is 0.000000251. The summed E-state index contributed by atoms with van der Waals surface area (Å²) < 4.78 is 12.3. The molecule has 4 aromatic rings. The molecule has 0 spiro atoms. The highest BCUT2D eigenvalue weighted by Gasteiger charge is 2.59. The number of rotatable bonds is 19. The summed E-state index contributed by atoms with van der Waals surface area (Å²) in [6.45, 7) is 18.7. The Hall–Kier alpha value is -5.40. The van der Waals surface area contributed by atoms with Crippen LogP contribution in [0.3, 0.4) is 0 Å². The van der Waals surface area contributed by atoms with E-state index in [9.17, 15) is 44.7 Å². The van der Waals surface area contributed by atoms with E-state index < -0.39 is 67.4 Å². The molecule has 2 heterocycles. The number of fused-ring (bicyclic) bond motifs is 4. The van der Waals surface area contributed by atoms with E-state index in [1.54, 1.807) is 56.4 Å². The fraction of sp³-hybridized carbons (Fsp3) is 0.574. The molecule has 16 atom stereocenters. The molecule has 524 valence electrons. The Labute approximate surface area is 581 Å². The van der Waals surface area contributed by atoms with Crippen molar-refractivity contribution in [2.45, 2.75) is 150 Å². The van der Waals surface area contributed by atoms with Gasteiger partial charge >= 0.3 is 19.1 Å². The molecule has 27 heteroatoms. The van der Waals surface area contributed by atoms with Crippen LogP contribution in [0.2, 0.25) is 10.0 Å². The number of nitrogens with two attached hydrogens (primary N) is 1. The van der Waals surface area contributed by atoms with Gasteiger partial charge in [-0.05, 0) is 168 Å². The first-order valence-corrected chi connectivity index (χ1v) is 33.3. The molecule has 6 saturated carbocycles. The van der Waals surface area contributed by atoms with Gasteiger partial charge in [0, 0.05) is 66.1 Å². The molecule has 2 aliphatic heterocycles. The van der Waals surface area contributed by atoms with E-state index in [4.69, 9.17) is 68.0 Å². The first-order chi connectivity index (χ1) is 44.2. The zero-order chi connectivity index (χ0) is 69.9. The fourth-order valence-corrected chi connectivity index (χ4v) is 16.7. The number of hydroxylamine groups is 4. The van der Waals surface area contributed by atoms with Crippen molar-refractivity contribution in [1.29, 1.82) is 0 Å². The van der Waals surface area contributed by atoms with Crippen molar-refractivity contribution in [1.82, 2.24) is 20.8 Å². The average molecular weight is 1480 g/mol. The van der Waals surface area contributed by atoms with Crippen LogP contribution in [0.1, 0.15) is 120 Å². The standard InChI is InChI=1S/C34H46ClN3O7.C25H36ClIN2O5.C7H8BNO4.CH2O.CH4/c1-17-24-13-22(34(24,3)4)14-26(17)36-32(41)30-28(18(2)40)27(16-39)45-38(30)15-19-8-9-25(35)29(31(19)44-7)20-10-21(33(42)43)12-23(11-20)37(5)6;1-12-16-8-15(25(16,3)4)9-18(12)28-24(32)22-20(13(2)31)19(11-30)34-29(22)10-14-6-7-17(26)21(27)23(14)33-5;9-6-2-4(7(10)11)1-5(3-6)8(12)13;1-2;/h8-12,17-18,22,24,26-28,30,39-40H,13-16H2,1-7H3,(H,36,41)(H,42,43);6-7,12-13,15-16,18-20,22,30-31H,8-11H2,1-5H3,(H,28,32);1-3,12-13H,9H2,(H,10,11);1H2;1H4/t17-,18-,22+,24?,26-,27-,28+,30-;12-,13-,15+,16-,18-,19-,20+,22-;;;/m00.../s1. The zero-order valence-corrected chi connectivity index (χ0v) is 58.9. The van der Waals surface area contributed by atoms with Crippen LogP contribution in [0.5, 0.6) is 11.5 Å². The molecule has 23 nitrogen and oxygen atoms in total. The number of ether oxygens (including phenoxy) is 2. The van der Waals surface area contributed by atoms with Crippen molar-refractivity contribution in [3.8, 4) is 22.6 Å². The predicted molar refractivity (Wildman–Crippen MR) is 372 cm³/mol. The number of carbonyl (C=O) groups is 5. The number of nitrogens with one attached hydrogen (secondary N) is 2. The Morgan fingerprint density at radius 2 is 1.15 bits per heavy atom. The zero-order valence-electron chi connectivity index (χ0n) is 55.3. The van der Waals surface area contributed by atoms with Gasteiger partial charge in [0.25, 0.3) is 0 Å². The molecule has 2 saturated heterocycles. The molecule has 2 amide bonds. The van der Waals surface area contributed by atoms with E-state index >= 15 is 0 Å². The molecule has 12 N–H and O–H groups in total. The van der Waals surface area contributed by atoms with Gasteiger partial charge in [0.05, 0.1) is 77.5 Å². The van der Waals surface area contributed by atoms with Crippen molar-refractivity contribution in [3.05, 3.63) is 96.5 Å². The maximum atomic E-state index is 14.1. The molecule has 4 aromatic carbocycles. The molecule has 8 fully saturated rings. The van der Waals surface area contributed by atoms with E-state index in [0.29, 0.717) is 84.8 Å². The summed E-state index contributed by atoms with van der Waals surface area (Å²) in [4.78, 5) is 72.3. The number of benzene rings is 4. The maximum Gasteiger partial charge on any atom is 0.488 e. The number of nitrogens with zero attached hydrogens (tertiary/aromatic N) is 3. The van der Waals surface area contributed by atoms with Crippen LogP contribution < -0.4 is 36.2 Å². The molecule has 4 bridgehead atoms. The monoisotopic (exact) mass is 1480 g/mol. The third kappa shape index (κ3) is 16.5. The quantitative estimate of drug-likeness (QED) is 0.0252. The summed E-state index contributed by atoms with van der Waals surface area (Å²) in [5, 5.41) is 88.1. The Morgan fingerprint density at radius 3 is 1.53 bits per heavy atom. The number of carbonyl (C=O) groups excluding carboxylic acids is 3. The van der Waals surface area contributed by atoms with Crippen LogP contribution in [0.15, 0.2) is 60.7 Å². The Morgan fingerprint density at radius 1 is 0.716 bits per heavy atom. The summed E-state index contributed by atoms with van der Waals surface area (Å²) in [5.41, 5.74) is 9.42. The number of carboxylic acids is 2. The molecule has 1 unspecified atom stereocenters. The second-order valence-corrected chi connectivity index (χ2v) is 29.1. The van der Waals surface area contributed by atoms with Gasteiger partial charge < -0.3 is 76.2 Å². The third-order valence-electron chi connectivity index (χ3n) is 21.0. The number of aliphatic hydroxyl groups is 4. The molecule has 12 rings (SSSR count). The van der Waals surface area contributed by atoms with Crippen LogP contribution >= 0.6 is 45.8 Å². The summed E-state index contributed by atoms with van der Waals surface area (Å²) in [6, 6.07) is 14.3. The lowest BCUT2D eigenvalue weighted by atomic mass is 9.45. The minimum Gasteiger partial charge on any atom is -0.496 e. The fourth-order valence-electron chi connectivity index (χ4n) is 15.5. The lowest BCUT2D eigenvalue weighted by molar-refractivity contribution is -0.183. The SMILES string of the molecule is C.C=O.COc1c(CN2O[C@@H](CO)[C@@H]([C@H](C)O)[C@H]2C(=O)N[C@H]2C[C@H]3CC([C@@H]2C)C3(C)C)ccc(Cl)c1-c1cc(C(=O)O)cc(N(C)C)c1.COc1c(CN2O[C@@H](CO)[C@@H]([C@H](C)O)[C@H]2C(=O)N[C@H]2C[C@H]3C[C@@H]([C@@H]2C)C3(C)C)ccc(Cl)c1I.Nc1cc(B(O)O)cc(C(=O)O)c1. The van der Waals surface area contributed by atoms with Gasteiger partial charge in [-0.15, -0.1) is 0 Å². The summed E-state index contributed by atoms with van der Waals surface area (Å²) in [5.74, 6) is 0.174. The molecular formula is C68H96BCl2IN6O17. The van der Waals surface area contributed by atoms with Gasteiger partial charge in [-0.2, -0.15) is 10.1 Å². The highest BCUT2D eigenvalue weighted by atomic mass is 127. The van der Waals surface area contributed by atoms with Gasteiger partial charge in [0.2, 0.25) is 11.8 Å². The number of hydrogen-bond acceptors (Lipinski definition) is 19. The smallest absolute Gasteiger partial charge is 0.488 e. The molecular weight excluding hydrogens is 1380 g/mol. The second kappa shape index (κ2) is 32.5. The van der Waals surface area contributed by atoms with Gasteiger partial charge in [-0.1, -0.05) is 84.3 Å². The molecule has 0 radical (unpaired) electrons. The minimum atomic E-state index is -1.71. The van der Waals surface area contributed by atoms with Gasteiger partial charge in [0.1, 0.15) is 42.6 Å². The number of halogens is 3. The van der Waals surface area contributed by atoms with E-state index in [0.717, 1.165) is 28.0 Å². The minimum absolute atomic E-state index is 0. The van der Waals surface area contributed by atoms with Crippen molar-refractivity contribution in [2.75, 3.05) is 52.2 Å². The van der Waals surface area contributed by atoms with Crippen molar-refractivity contribution >= 4 is 100 Å². The Kier molecular flexibility index (Phi) is 26.9. The molecule has 6 aliphatic carbocycles. The largest absolute Gasteiger partial charge is 0.496 e. The summed E-state index contributed by atoms with van der Waals surface area (Å²) in [7, 11) is 5.03. The van der Waals surface area contributed by atoms with E-state index in [1.165, 1.54) is 37.1 Å². The topological polar surface area (TPSA) is 344 Å². The predicted octanol–water partition coefficient (Wildman–Crippen LogP) is 7.15. The molecule has 95 heavy (non-hydrogen) atoms.